The van der Waals surface area contributed by atoms with Crippen LogP contribution in [0.1, 0.15) is 13.8 Å². The fraction of sp³-hybridized carbons (Fsp3) is 0.444. The first-order chi connectivity index (χ1) is 6.22. The minimum atomic E-state index is -0.112. The standard InChI is InChI=1S/C9H17N3O/c1-4-12-13-7-5-6-8(2)9(10)11-3/h4-7,9,11H,10H2,1-3H3/b7-5+,8-6+,12-4+. The molecule has 13 heavy (non-hydrogen) atoms. The lowest BCUT2D eigenvalue weighted by atomic mass is 10.2. The third-order valence-corrected chi connectivity index (χ3v) is 1.47. The van der Waals surface area contributed by atoms with Gasteiger partial charge in [0.1, 0.15) is 6.26 Å². The second kappa shape index (κ2) is 7.52. The van der Waals surface area contributed by atoms with Crippen molar-refractivity contribution in [2.45, 2.75) is 20.0 Å². The van der Waals surface area contributed by atoms with Crippen molar-refractivity contribution in [1.29, 1.82) is 0 Å². The van der Waals surface area contributed by atoms with Crippen molar-refractivity contribution in [2.75, 3.05) is 7.05 Å². The second-order valence-corrected chi connectivity index (χ2v) is 2.47. The highest BCUT2D eigenvalue weighted by Crippen LogP contribution is 1.95. The Bertz CT molecular complexity index is 209. The van der Waals surface area contributed by atoms with E-state index in [0.717, 1.165) is 5.57 Å². The molecule has 0 radical (unpaired) electrons. The van der Waals surface area contributed by atoms with E-state index >= 15 is 0 Å². The van der Waals surface area contributed by atoms with Gasteiger partial charge in [0, 0.05) is 6.21 Å². The summed E-state index contributed by atoms with van der Waals surface area (Å²) in [5.41, 5.74) is 6.70. The van der Waals surface area contributed by atoms with Gasteiger partial charge >= 0.3 is 0 Å². The van der Waals surface area contributed by atoms with Crippen molar-refractivity contribution < 1.29 is 4.84 Å². The zero-order chi connectivity index (χ0) is 10.1. The normalized spacial score (nSPS) is 15.5. The largest absolute Gasteiger partial charge is 0.365 e. The third-order valence-electron chi connectivity index (χ3n) is 1.47. The Balaban J connectivity index is 3.88. The Labute approximate surface area is 79.1 Å². The summed E-state index contributed by atoms with van der Waals surface area (Å²) in [7, 11) is 1.81. The van der Waals surface area contributed by atoms with Crippen molar-refractivity contribution in [3.63, 3.8) is 0 Å². The maximum Gasteiger partial charge on any atom is 0.122 e. The van der Waals surface area contributed by atoms with Crippen LogP contribution in [-0.4, -0.2) is 19.4 Å². The van der Waals surface area contributed by atoms with Gasteiger partial charge in [-0.05, 0) is 32.5 Å². The summed E-state index contributed by atoms with van der Waals surface area (Å²) in [5.74, 6) is 0. The predicted molar refractivity (Wildman–Crippen MR) is 55.2 cm³/mol. The molecule has 0 saturated carbocycles. The molecule has 0 spiro atoms. The maximum atomic E-state index is 5.67. The average Bonchev–Trinajstić information content (AvgIpc) is 2.16. The molecule has 1 unspecified atom stereocenters. The van der Waals surface area contributed by atoms with E-state index in [0.29, 0.717) is 0 Å². The van der Waals surface area contributed by atoms with Crippen molar-refractivity contribution in [3.8, 4) is 0 Å². The summed E-state index contributed by atoms with van der Waals surface area (Å²) >= 11 is 0. The number of hydrogen-bond acceptors (Lipinski definition) is 4. The quantitative estimate of drug-likeness (QED) is 0.219. The van der Waals surface area contributed by atoms with Crippen molar-refractivity contribution in [3.05, 3.63) is 24.0 Å². The lowest BCUT2D eigenvalue weighted by molar-refractivity contribution is 0.270. The molecule has 0 aliphatic carbocycles. The third kappa shape index (κ3) is 6.07. The average molecular weight is 183 g/mol. The molecule has 0 bridgehead atoms. The van der Waals surface area contributed by atoms with E-state index in [1.54, 1.807) is 19.2 Å². The molecule has 0 amide bonds. The van der Waals surface area contributed by atoms with E-state index < -0.39 is 0 Å². The number of nitrogens with one attached hydrogen (secondary N) is 1. The van der Waals surface area contributed by atoms with Gasteiger partial charge in [0.15, 0.2) is 0 Å². The van der Waals surface area contributed by atoms with Gasteiger partial charge in [-0.2, -0.15) is 0 Å². The second-order valence-electron chi connectivity index (χ2n) is 2.47. The maximum absolute atomic E-state index is 5.67. The lowest BCUT2D eigenvalue weighted by Gasteiger charge is -2.08. The number of rotatable bonds is 5. The summed E-state index contributed by atoms with van der Waals surface area (Å²) in [6.45, 7) is 3.72. The van der Waals surface area contributed by atoms with Crippen LogP contribution in [0.5, 0.6) is 0 Å². The summed E-state index contributed by atoms with van der Waals surface area (Å²) in [4.78, 5) is 4.73. The first kappa shape index (κ1) is 11.9. The Kier molecular flexibility index (Phi) is 6.86. The predicted octanol–water partition coefficient (Wildman–Crippen LogP) is 0.973. The fourth-order valence-electron chi connectivity index (χ4n) is 0.654. The Hall–Kier alpha value is -1.13. The van der Waals surface area contributed by atoms with Gasteiger partial charge in [-0.3, -0.25) is 0 Å². The Morgan fingerprint density at radius 1 is 1.62 bits per heavy atom. The highest BCUT2D eigenvalue weighted by atomic mass is 16.6. The minimum absolute atomic E-state index is 0.112. The number of nitrogens with two attached hydrogens (primary N) is 1. The van der Waals surface area contributed by atoms with Gasteiger partial charge in [-0.25, -0.2) is 0 Å². The molecule has 3 N–H and O–H groups in total. The first-order valence-electron chi connectivity index (χ1n) is 4.12. The first-order valence-corrected chi connectivity index (χ1v) is 4.12. The van der Waals surface area contributed by atoms with Gasteiger partial charge in [-0.15, -0.1) is 0 Å². The van der Waals surface area contributed by atoms with E-state index in [1.807, 2.05) is 20.0 Å². The molecular formula is C9H17N3O. The topological polar surface area (TPSA) is 59.6 Å². The van der Waals surface area contributed by atoms with Gasteiger partial charge in [-0.1, -0.05) is 11.2 Å². The number of hydrogen-bond donors (Lipinski definition) is 2. The zero-order valence-corrected chi connectivity index (χ0v) is 8.32. The summed E-state index contributed by atoms with van der Waals surface area (Å²) < 4.78 is 0. The van der Waals surface area contributed by atoms with Gasteiger partial charge < -0.3 is 15.9 Å². The van der Waals surface area contributed by atoms with E-state index in [4.69, 9.17) is 10.6 Å². The molecule has 74 valence electrons. The highest BCUT2D eigenvalue weighted by molar-refractivity contribution is 5.52. The Morgan fingerprint density at radius 3 is 2.85 bits per heavy atom. The van der Waals surface area contributed by atoms with Crippen LogP contribution in [0, 0.1) is 0 Å². The van der Waals surface area contributed by atoms with E-state index in [-0.39, 0.29) is 6.17 Å². The molecule has 0 aromatic heterocycles. The van der Waals surface area contributed by atoms with Gasteiger partial charge in [0.25, 0.3) is 0 Å². The fourth-order valence-corrected chi connectivity index (χ4v) is 0.654. The zero-order valence-electron chi connectivity index (χ0n) is 8.32. The molecule has 1 atom stereocenters. The molecule has 0 aromatic carbocycles. The van der Waals surface area contributed by atoms with Crippen LogP contribution in [0.3, 0.4) is 0 Å². The molecule has 0 aromatic rings. The molecule has 0 heterocycles. The SMILES string of the molecule is C/C=N/O/C=C/C=C(\C)C(N)NC. The Morgan fingerprint density at radius 2 is 2.31 bits per heavy atom. The molecule has 0 fully saturated rings. The van der Waals surface area contributed by atoms with Crippen molar-refractivity contribution in [1.82, 2.24) is 5.32 Å². The molecule has 0 aliphatic rings. The van der Waals surface area contributed by atoms with Crippen LogP contribution in [0.25, 0.3) is 0 Å². The van der Waals surface area contributed by atoms with Crippen LogP contribution in [0.15, 0.2) is 29.1 Å². The number of oxime groups is 1. The molecule has 0 aliphatic heterocycles. The van der Waals surface area contributed by atoms with Crippen LogP contribution < -0.4 is 11.1 Å². The number of nitrogens with zero attached hydrogens (tertiary/aromatic N) is 1. The molecule has 4 nitrogen and oxygen atoms in total. The number of likely N-dealkylation sites (N-methyl/N-ethyl adjacent to an activating group) is 1. The van der Waals surface area contributed by atoms with Crippen LogP contribution >= 0.6 is 0 Å². The van der Waals surface area contributed by atoms with Gasteiger partial charge in [0.05, 0.1) is 6.17 Å². The summed E-state index contributed by atoms with van der Waals surface area (Å²) in [6.07, 6.45) is 6.57. The molecule has 0 saturated heterocycles. The molecule has 4 heteroatoms. The smallest absolute Gasteiger partial charge is 0.122 e. The monoisotopic (exact) mass is 183 g/mol. The van der Waals surface area contributed by atoms with E-state index in [2.05, 4.69) is 10.5 Å². The summed E-state index contributed by atoms with van der Waals surface area (Å²) in [5, 5.41) is 6.47. The summed E-state index contributed by atoms with van der Waals surface area (Å²) in [6, 6.07) is 0. The molecular weight excluding hydrogens is 166 g/mol. The van der Waals surface area contributed by atoms with Gasteiger partial charge in [0.2, 0.25) is 0 Å². The highest BCUT2D eigenvalue weighted by Gasteiger charge is 1.97. The van der Waals surface area contributed by atoms with Crippen molar-refractivity contribution in [2.24, 2.45) is 10.9 Å². The van der Waals surface area contributed by atoms with Crippen LogP contribution in [0.4, 0.5) is 0 Å². The van der Waals surface area contributed by atoms with E-state index in [1.165, 1.54) is 6.26 Å². The van der Waals surface area contributed by atoms with Crippen LogP contribution in [-0.2, 0) is 4.84 Å². The minimum Gasteiger partial charge on any atom is -0.365 e. The van der Waals surface area contributed by atoms with E-state index in [9.17, 15) is 0 Å². The lowest BCUT2D eigenvalue weighted by Crippen LogP contribution is -2.35. The number of allylic oxidation sites excluding steroid dienone is 2. The van der Waals surface area contributed by atoms with Crippen LogP contribution in [0.2, 0.25) is 0 Å². The molecule has 0 rings (SSSR count). The van der Waals surface area contributed by atoms with Crippen molar-refractivity contribution >= 4 is 6.21 Å².